The zero-order valence-corrected chi connectivity index (χ0v) is 17.5. The molecule has 0 saturated heterocycles. The fourth-order valence-corrected chi connectivity index (χ4v) is 3.77. The molecule has 0 saturated carbocycles. The van der Waals surface area contributed by atoms with Crippen molar-refractivity contribution < 1.29 is 13.9 Å². The first-order chi connectivity index (χ1) is 15.1. The SMILES string of the molecule is COc1cccc(-c2nnc(SCC(=O)Nc3cccc(F)c3)n2-c2ccccc2)c1. The molecule has 6 nitrogen and oxygen atoms in total. The maximum Gasteiger partial charge on any atom is 0.234 e. The number of amides is 1. The average Bonchev–Trinajstić information content (AvgIpc) is 3.22. The molecule has 0 spiro atoms. The molecule has 3 aromatic carbocycles. The predicted molar refractivity (Wildman–Crippen MR) is 119 cm³/mol. The molecule has 31 heavy (non-hydrogen) atoms. The van der Waals surface area contributed by atoms with Crippen molar-refractivity contribution in [3.8, 4) is 22.8 Å². The van der Waals surface area contributed by atoms with Crippen molar-refractivity contribution in [2.75, 3.05) is 18.2 Å². The van der Waals surface area contributed by atoms with Gasteiger partial charge in [-0.15, -0.1) is 10.2 Å². The number of benzene rings is 3. The first kappa shape index (κ1) is 20.6. The number of para-hydroxylation sites is 1. The number of hydrogen-bond acceptors (Lipinski definition) is 5. The Morgan fingerprint density at radius 2 is 1.84 bits per heavy atom. The summed E-state index contributed by atoms with van der Waals surface area (Å²) in [6.45, 7) is 0. The molecular formula is C23H19FN4O2S. The van der Waals surface area contributed by atoms with Gasteiger partial charge in [-0.1, -0.05) is 48.2 Å². The van der Waals surface area contributed by atoms with Gasteiger partial charge in [0.1, 0.15) is 11.6 Å². The lowest BCUT2D eigenvalue weighted by Gasteiger charge is -2.11. The standard InChI is InChI=1S/C23H19FN4O2S/c1-30-20-12-5-7-16(13-20)22-26-27-23(28(22)19-10-3-2-4-11-19)31-15-21(29)25-18-9-6-8-17(24)14-18/h2-14H,15H2,1H3,(H,25,29). The zero-order chi connectivity index (χ0) is 21.6. The number of halogens is 1. The molecular weight excluding hydrogens is 415 g/mol. The third kappa shape index (κ3) is 4.92. The number of nitrogens with one attached hydrogen (secondary N) is 1. The second-order valence-electron chi connectivity index (χ2n) is 6.56. The van der Waals surface area contributed by atoms with Crippen LogP contribution in [0.25, 0.3) is 17.1 Å². The van der Waals surface area contributed by atoms with Gasteiger partial charge in [-0.2, -0.15) is 0 Å². The summed E-state index contributed by atoms with van der Waals surface area (Å²) < 4.78 is 20.6. The van der Waals surface area contributed by atoms with Gasteiger partial charge >= 0.3 is 0 Å². The zero-order valence-electron chi connectivity index (χ0n) is 16.7. The monoisotopic (exact) mass is 434 g/mol. The number of hydrogen-bond donors (Lipinski definition) is 1. The summed E-state index contributed by atoms with van der Waals surface area (Å²) in [5.41, 5.74) is 2.12. The molecule has 0 atom stereocenters. The second kappa shape index (κ2) is 9.44. The van der Waals surface area contributed by atoms with Crippen LogP contribution < -0.4 is 10.1 Å². The molecule has 0 unspecified atom stereocenters. The van der Waals surface area contributed by atoms with Crippen LogP contribution in [0.3, 0.4) is 0 Å². The van der Waals surface area contributed by atoms with Gasteiger partial charge in [-0.05, 0) is 42.5 Å². The fourth-order valence-electron chi connectivity index (χ4n) is 3.02. The maximum atomic E-state index is 13.3. The third-order valence-electron chi connectivity index (χ3n) is 4.42. The van der Waals surface area contributed by atoms with Crippen molar-refractivity contribution in [1.82, 2.24) is 14.8 Å². The molecule has 0 radical (unpaired) electrons. The van der Waals surface area contributed by atoms with Crippen LogP contribution in [0.1, 0.15) is 0 Å². The molecule has 156 valence electrons. The van der Waals surface area contributed by atoms with Gasteiger partial charge in [0, 0.05) is 16.9 Å². The molecule has 0 aliphatic heterocycles. The van der Waals surface area contributed by atoms with E-state index in [0.29, 0.717) is 22.4 Å². The molecule has 0 fully saturated rings. The third-order valence-corrected chi connectivity index (χ3v) is 5.35. The van der Waals surface area contributed by atoms with E-state index in [1.165, 1.54) is 23.9 Å². The van der Waals surface area contributed by atoms with Crippen molar-refractivity contribution >= 4 is 23.4 Å². The Morgan fingerprint density at radius 1 is 1.03 bits per heavy atom. The van der Waals surface area contributed by atoms with Crippen LogP contribution in [0.4, 0.5) is 10.1 Å². The summed E-state index contributed by atoms with van der Waals surface area (Å²) in [6, 6.07) is 23.0. The highest BCUT2D eigenvalue weighted by atomic mass is 32.2. The predicted octanol–water partition coefficient (Wildman–Crippen LogP) is 4.81. The van der Waals surface area contributed by atoms with E-state index in [0.717, 1.165) is 11.3 Å². The molecule has 1 amide bonds. The number of nitrogens with zero attached hydrogens (tertiary/aromatic N) is 3. The molecule has 0 bridgehead atoms. The van der Waals surface area contributed by atoms with Gasteiger partial charge in [0.25, 0.3) is 0 Å². The molecule has 1 aromatic heterocycles. The summed E-state index contributed by atoms with van der Waals surface area (Å²) in [4.78, 5) is 12.4. The maximum absolute atomic E-state index is 13.3. The number of thioether (sulfide) groups is 1. The van der Waals surface area contributed by atoms with Gasteiger partial charge in [-0.25, -0.2) is 4.39 Å². The van der Waals surface area contributed by atoms with E-state index in [1.54, 1.807) is 19.2 Å². The van der Waals surface area contributed by atoms with E-state index in [4.69, 9.17) is 4.74 Å². The number of carbonyl (C=O) groups is 1. The molecule has 0 aliphatic rings. The van der Waals surface area contributed by atoms with E-state index in [9.17, 15) is 9.18 Å². The molecule has 1 N–H and O–H groups in total. The number of methoxy groups -OCH3 is 1. The minimum Gasteiger partial charge on any atom is -0.497 e. The minimum atomic E-state index is -0.405. The van der Waals surface area contributed by atoms with E-state index in [2.05, 4.69) is 15.5 Å². The second-order valence-corrected chi connectivity index (χ2v) is 7.50. The fraction of sp³-hybridized carbons (Fsp3) is 0.0870. The topological polar surface area (TPSA) is 69.0 Å². The largest absolute Gasteiger partial charge is 0.497 e. The smallest absolute Gasteiger partial charge is 0.234 e. The van der Waals surface area contributed by atoms with Crippen LogP contribution in [-0.4, -0.2) is 33.5 Å². The highest BCUT2D eigenvalue weighted by Crippen LogP contribution is 2.29. The van der Waals surface area contributed by atoms with Crippen LogP contribution in [0.5, 0.6) is 5.75 Å². The Hall–Kier alpha value is -3.65. The van der Waals surface area contributed by atoms with Crippen LogP contribution >= 0.6 is 11.8 Å². The summed E-state index contributed by atoms with van der Waals surface area (Å²) >= 11 is 1.25. The molecule has 0 aliphatic carbocycles. The Kier molecular flexibility index (Phi) is 6.28. The quantitative estimate of drug-likeness (QED) is 0.423. The minimum absolute atomic E-state index is 0.0968. The first-order valence-corrected chi connectivity index (χ1v) is 10.5. The highest BCUT2D eigenvalue weighted by molar-refractivity contribution is 7.99. The number of ether oxygens (including phenoxy) is 1. The number of anilines is 1. The van der Waals surface area contributed by atoms with Crippen LogP contribution in [-0.2, 0) is 4.79 Å². The lowest BCUT2D eigenvalue weighted by Crippen LogP contribution is -2.14. The van der Waals surface area contributed by atoms with Crippen molar-refractivity contribution in [3.05, 3.63) is 84.7 Å². The van der Waals surface area contributed by atoms with Gasteiger partial charge in [0.2, 0.25) is 5.91 Å². The lowest BCUT2D eigenvalue weighted by molar-refractivity contribution is -0.113. The summed E-state index contributed by atoms with van der Waals surface area (Å²) in [5, 5.41) is 11.9. The summed E-state index contributed by atoms with van der Waals surface area (Å²) in [6.07, 6.45) is 0. The number of rotatable bonds is 7. The van der Waals surface area contributed by atoms with Gasteiger partial charge < -0.3 is 10.1 Å². The normalized spacial score (nSPS) is 10.6. The van der Waals surface area contributed by atoms with E-state index in [-0.39, 0.29) is 11.7 Å². The molecule has 8 heteroatoms. The van der Waals surface area contributed by atoms with Crippen LogP contribution in [0.2, 0.25) is 0 Å². The molecule has 4 aromatic rings. The van der Waals surface area contributed by atoms with Crippen LogP contribution in [0, 0.1) is 5.82 Å². The average molecular weight is 434 g/mol. The van der Waals surface area contributed by atoms with Crippen molar-refractivity contribution in [1.29, 1.82) is 0 Å². The molecule has 4 rings (SSSR count). The Bertz CT molecular complexity index is 1200. The number of aromatic nitrogens is 3. The first-order valence-electron chi connectivity index (χ1n) is 9.47. The Balaban J connectivity index is 1.60. The number of carbonyl (C=O) groups excluding carboxylic acids is 1. The van der Waals surface area contributed by atoms with E-state index in [1.807, 2.05) is 59.2 Å². The van der Waals surface area contributed by atoms with Gasteiger partial charge in [0.05, 0.1) is 12.9 Å². The van der Waals surface area contributed by atoms with Crippen molar-refractivity contribution in [3.63, 3.8) is 0 Å². The van der Waals surface area contributed by atoms with E-state index < -0.39 is 5.82 Å². The van der Waals surface area contributed by atoms with Crippen molar-refractivity contribution in [2.24, 2.45) is 0 Å². The molecule has 1 heterocycles. The summed E-state index contributed by atoms with van der Waals surface area (Å²) in [5.74, 6) is 0.778. The van der Waals surface area contributed by atoms with Gasteiger partial charge in [0.15, 0.2) is 11.0 Å². The van der Waals surface area contributed by atoms with Crippen LogP contribution in [0.15, 0.2) is 84.0 Å². The highest BCUT2D eigenvalue weighted by Gasteiger charge is 2.17. The lowest BCUT2D eigenvalue weighted by atomic mass is 10.2. The Labute approximate surface area is 183 Å². The summed E-state index contributed by atoms with van der Waals surface area (Å²) in [7, 11) is 1.61. The van der Waals surface area contributed by atoms with Crippen molar-refractivity contribution in [2.45, 2.75) is 5.16 Å². The Morgan fingerprint density at radius 3 is 2.61 bits per heavy atom. The van der Waals surface area contributed by atoms with Gasteiger partial charge in [-0.3, -0.25) is 9.36 Å². The van der Waals surface area contributed by atoms with E-state index >= 15 is 0 Å².